The zero-order valence-electron chi connectivity index (χ0n) is 18.5. The third-order valence-electron chi connectivity index (χ3n) is 5.20. The van der Waals surface area contributed by atoms with Gasteiger partial charge in [0.25, 0.3) is 0 Å². The summed E-state index contributed by atoms with van der Waals surface area (Å²) in [5, 5.41) is 9.41. The van der Waals surface area contributed by atoms with E-state index in [1.807, 2.05) is 31.2 Å². The van der Waals surface area contributed by atoms with Gasteiger partial charge in [-0.15, -0.1) is 30.4 Å². The van der Waals surface area contributed by atoms with Gasteiger partial charge in [0.15, 0.2) is 5.96 Å². The van der Waals surface area contributed by atoms with Gasteiger partial charge in [0.05, 0.1) is 12.3 Å². The Morgan fingerprint density at radius 1 is 1.22 bits per heavy atom. The van der Waals surface area contributed by atoms with Crippen LogP contribution in [-0.2, 0) is 4.79 Å². The van der Waals surface area contributed by atoms with Crippen molar-refractivity contribution >= 4 is 41.5 Å². The number of likely N-dealkylation sites (tertiary alicyclic amines) is 1. The summed E-state index contributed by atoms with van der Waals surface area (Å²) in [5.41, 5.74) is 1.38. The number of halogens is 1. The van der Waals surface area contributed by atoms with Crippen LogP contribution in [0.5, 0.6) is 0 Å². The van der Waals surface area contributed by atoms with Crippen LogP contribution >= 0.6 is 24.0 Å². The third kappa shape index (κ3) is 7.88. The summed E-state index contributed by atoms with van der Waals surface area (Å²) < 4.78 is 5.70. The van der Waals surface area contributed by atoms with Crippen molar-refractivity contribution in [2.75, 3.05) is 38.0 Å². The topological polar surface area (TPSA) is 81.9 Å². The number of carbonyl (C=O) groups is 1. The number of rotatable bonds is 8. The molecule has 1 aromatic carbocycles. The Morgan fingerprint density at radius 2 is 2.03 bits per heavy atom. The number of piperidine rings is 1. The molecule has 7 nitrogen and oxygen atoms in total. The van der Waals surface area contributed by atoms with E-state index in [-0.39, 0.29) is 42.5 Å². The molecule has 1 amide bonds. The number of aliphatic imine (C=N–C) groups is 1. The Hall–Kier alpha value is -2.51. The molecule has 2 heterocycles. The average Bonchev–Trinajstić information content (AvgIpc) is 3.33. The zero-order chi connectivity index (χ0) is 21.9. The van der Waals surface area contributed by atoms with E-state index >= 15 is 0 Å². The second-order valence-corrected chi connectivity index (χ2v) is 7.48. The molecule has 172 valence electrons. The third-order valence-corrected chi connectivity index (χ3v) is 5.20. The van der Waals surface area contributed by atoms with E-state index in [4.69, 9.17) is 10.8 Å². The van der Waals surface area contributed by atoms with E-state index in [2.05, 4.69) is 31.8 Å². The molecule has 0 aliphatic carbocycles. The summed E-state index contributed by atoms with van der Waals surface area (Å²) >= 11 is 0. The number of nitrogens with one attached hydrogen (secondary N) is 3. The molecular weight excluding hydrogens is 517 g/mol. The summed E-state index contributed by atoms with van der Waals surface area (Å²) in [5.74, 6) is 3.90. The van der Waals surface area contributed by atoms with Gasteiger partial charge in [-0.1, -0.05) is 18.4 Å². The molecule has 0 bridgehead atoms. The smallest absolute Gasteiger partial charge is 0.246 e. The van der Waals surface area contributed by atoms with E-state index in [1.54, 1.807) is 18.4 Å². The summed E-state index contributed by atoms with van der Waals surface area (Å²) in [6, 6.07) is 11.3. The maximum absolute atomic E-state index is 12.3. The molecule has 0 spiro atoms. The maximum atomic E-state index is 12.3. The monoisotopic (exact) mass is 549 g/mol. The number of hydrogen-bond acceptors (Lipinski definition) is 4. The highest BCUT2D eigenvalue weighted by atomic mass is 127. The van der Waals surface area contributed by atoms with Crippen LogP contribution in [0.1, 0.15) is 43.6 Å². The van der Waals surface area contributed by atoms with Crippen LogP contribution in [0.25, 0.3) is 0 Å². The van der Waals surface area contributed by atoms with Gasteiger partial charge in [-0.3, -0.25) is 9.69 Å². The fourth-order valence-electron chi connectivity index (χ4n) is 3.69. The van der Waals surface area contributed by atoms with Crippen molar-refractivity contribution in [1.29, 1.82) is 0 Å². The summed E-state index contributed by atoms with van der Waals surface area (Å²) in [6.45, 7) is 5.46. The highest BCUT2D eigenvalue weighted by Crippen LogP contribution is 2.24. The van der Waals surface area contributed by atoms with Gasteiger partial charge >= 0.3 is 0 Å². The van der Waals surface area contributed by atoms with Crippen LogP contribution in [0, 0.1) is 12.3 Å². The highest BCUT2D eigenvalue weighted by molar-refractivity contribution is 14.0. The van der Waals surface area contributed by atoms with Crippen molar-refractivity contribution < 1.29 is 9.21 Å². The highest BCUT2D eigenvalue weighted by Gasteiger charge is 2.24. The van der Waals surface area contributed by atoms with Gasteiger partial charge in [-0.2, -0.15) is 0 Å². The lowest BCUT2D eigenvalue weighted by molar-refractivity contribution is -0.114. The number of amides is 1. The van der Waals surface area contributed by atoms with E-state index in [9.17, 15) is 4.79 Å². The molecule has 1 saturated heterocycles. The molecule has 1 aliphatic heterocycles. The van der Waals surface area contributed by atoms with E-state index in [0.29, 0.717) is 24.7 Å². The molecule has 1 fully saturated rings. The predicted molar refractivity (Wildman–Crippen MR) is 139 cm³/mol. The van der Waals surface area contributed by atoms with Crippen molar-refractivity contribution in [3.8, 4) is 12.3 Å². The Balaban J connectivity index is 0.00000363. The molecule has 3 rings (SSSR count). The van der Waals surface area contributed by atoms with Crippen LogP contribution in [0.15, 0.2) is 52.1 Å². The van der Waals surface area contributed by atoms with E-state index in [1.165, 1.54) is 19.3 Å². The van der Waals surface area contributed by atoms with Gasteiger partial charge in [-0.25, -0.2) is 4.99 Å². The molecule has 3 N–H and O–H groups in total. The van der Waals surface area contributed by atoms with Crippen molar-refractivity contribution in [3.05, 3.63) is 54.0 Å². The number of carbonyl (C=O) groups excluding carboxylic acids is 1. The Kier molecular flexibility index (Phi) is 11.1. The van der Waals surface area contributed by atoms with Crippen LogP contribution in [-0.4, -0.2) is 49.5 Å². The number of guanidine groups is 1. The molecule has 1 unspecified atom stereocenters. The molecule has 2 aromatic rings. The lowest BCUT2D eigenvalue weighted by Gasteiger charge is -2.33. The van der Waals surface area contributed by atoms with Crippen LogP contribution in [0.4, 0.5) is 5.69 Å². The Bertz CT molecular complexity index is 901. The van der Waals surface area contributed by atoms with Crippen LogP contribution < -0.4 is 16.0 Å². The second-order valence-electron chi connectivity index (χ2n) is 7.48. The SMILES string of the molecule is C#Cc1cccc(NC(=O)CN=C(NCC)NCC(c2ccco2)N2CCCCC2)c1.I. The largest absolute Gasteiger partial charge is 0.468 e. The number of anilines is 1. The summed E-state index contributed by atoms with van der Waals surface area (Å²) in [7, 11) is 0. The molecular formula is C24H32IN5O2. The van der Waals surface area contributed by atoms with Gasteiger partial charge < -0.3 is 20.4 Å². The average molecular weight is 549 g/mol. The molecule has 1 aliphatic rings. The number of hydrogen-bond donors (Lipinski definition) is 3. The lowest BCUT2D eigenvalue weighted by atomic mass is 10.1. The lowest BCUT2D eigenvalue weighted by Crippen LogP contribution is -2.44. The minimum atomic E-state index is -0.204. The molecule has 1 atom stereocenters. The normalized spacial score (nSPS) is 15.2. The molecule has 1 aromatic heterocycles. The van der Waals surface area contributed by atoms with Crippen molar-refractivity contribution in [3.63, 3.8) is 0 Å². The predicted octanol–water partition coefficient (Wildman–Crippen LogP) is 3.60. The second kappa shape index (κ2) is 13.8. The molecule has 0 radical (unpaired) electrons. The Labute approximate surface area is 207 Å². The number of nitrogens with zero attached hydrogens (tertiary/aromatic N) is 2. The van der Waals surface area contributed by atoms with Gasteiger partial charge in [0.1, 0.15) is 12.3 Å². The Morgan fingerprint density at radius 3 is 2.72 bits per heavy atom. The standard InChI is InChI=1S/C24H31N5O2.HI/c1-3-19-10-8-11-20(16-19)28-23(30)18-27-24(25-4-2)26-17-21(22-12-9-15-31-22)29-13-6-5-7-14-29;/h1,8-12,15-16,21H,4-7,13-14,17-18H2,2H3,(H,28,30)(H2,25,26,27);1H. The molecule has 32 heavy (non-hydrogen) atoms. The first-order valence-electron chi connectivity index (χ1n) is 10.9. The van der Waals surface area contributed by atoms with Crippen LogP contribution in [0.2, 0.25) is 0 Å². The minimum absolute atomic E-state index is 0. The first kappa shape index (κ1) is 25.7. The van der Waals surface area contributed by atoms with Crippen molar-refractivity contribution in [2.24, 2.45) is 4.99 Å². The molecule has 8 heteroatoms. The van der Waals surface area contributed by atoms with Crippen molar-refractivity contribution in [1.82, 2.24) is 15.5 Å². The van der Waals surface area contributed by atoms with Crippen molar-refractivity contribution in [2.45, 2.75) is 32.2 Å². The first-order valence-corrected chi connectivity index (χ1v) is 10.9. The fraction of sp³-hybridized carbons (Fsp3) is 0.417. The van der Waals surface area contributed by atoms with E-state index < -0.39 is 0 Å². The van der Waals surface area contributed by atoms with Gasteiger partial charge in [-0.05, 0) is 63.2 Å². The fourth-order valence-corrected chi connectivity index (χ4v) is 3.69. The quantitative estimate of drug-likeness (QED) is 0.203. The van der Waals surface area contributed by atoms with Gasteiger partial charge in [0, 0.05) is 24.3 Å². The van der Waals surface area contributed by atoms with Crippen LogP contribution in [0.3, 0.4) is 0 Å². The minimum Gasteiger partial charge on any atom is -0.468 e. The maximum Gasteiger partial charge on any atom is 0.246 e. The zero-order valence-corrected chi connectivity index (χ0v) is 20.8. The first-order chi connectivity index (χ1) is 15.2. The number of benzene rings is 1. The molecule has 0 saturated carbocycles. The van der Waals surface area contributed by atoms with E-state index in [0.717, 1.165) is 24.4 Å². The summed E-state index contributed by atoms with van der Waals surface area (Å²) in [4.78, 5) is 19.2. The van der Waals surface area contributed by atoms with Gasteiger partial charge in [0.2, 0.25) is 5.91 Å². The number of terminal acetylenes is 1. The summed E-state index contributed by atoms with van der Waals surface area (Å²) in [6.07, 6.45) is 10.8. The number of furan rings is 1.